The van der Waals surface area contributed by atoms with Gasteiger partial charge in [-0.15, -0.1) is 0 Å². The fourth-order valence-electron chi connectivity index (χ4n) is 2.19. The van der Waals surface area contributed by atoms with E-state index in [1.54, 1.807) is 0 Å². The van der Waals surface area contributed by atoms with Gasteiger partial charge in [0.25, 0.3) is 0 Å². The van der Waals surface area contributed by atoms with Gasteiger partial charge in [-0.05, 0) is 18.1 Å². The molecule has 0 spiro atoms. The highest BCUT2D eigenvalue weighted by Crippen LogP contribution is 2.19. The molecule has 0 radical (unpaired) electrons. The van der Waals surface area contributed by atoms with Crippen molar-refractivity contribution in [3.8, 4) is 0 Å². The van der Waals surface area contributed by atoms with Gasteiger partial charge >= 0.3 is 0 Å². The summed E-state index contributed by atoms with van der Waals surface area (Å²) in [7, 11) is 0. The normalized spacial score (nSPS) is 10.7. The smallest absolute Gasteiger partial charge is 0.225 e. The number of H-pyrrole nitrogens is 1. The molecule has 2 heterocycles. The van der Waals surface area contributed by atoms with Crippen LogP contribution >= 0.6 is 11.6 Å². The average Bonchev–Trinajstić information content (AvgIpc) is 2.88. The summed E-state index contributed by atoms with van der Waals surface area (Å²) in [5.41, 5.74) is 2.21. The van der Waals surface area contributed by atoms with Crippen molar-refractivity contribution < 1.29 is 4.79 Å². The molecule has 0 bridgehead atoms. The lowest BCUT2D eigenvalue weighted by atomic mass is 10.1. The molecule has 0 aliphatic carbocycles. The minimum atomic E-state index is -0.102. The Bertz CT molecular complexity index is 784. The van der Waals surface area contributed by atoms with E-state index in [0.29, 0.717) is 23.8 Å². The number of aromatic nitrogens is 3. The fraction of sp³-hybridized carbons (Fsp3) is 0.133. The van der Waals surface area contributed by atoms with E-state index in [4.69, 9.17) is 11.6 Å². The molecule has 1 aromatic carbocycles. The lowest BCUT2D eigenvalue weighted by Gasteiger charge is -2.04. The van der Waals surface area contributed by atoms with Crippen LogP contribution in [0.3, 0.4) is 0 Å². The van der Waals surface area contributed by atoms with Crippen molar-refractivity contribution in [1.82, 2.24) is 15.0 Å². The van der Waals surface area contributed by atoms with E-state index in [1.807, 2.05) is 30.5 Å². The summed E-state index contributed by atoms with van der Waals surface area (Å²) in [5.74, 6) is 0.314. The molecule has 1 amide bonds. The monoisotopic (exact) mass is 300 g/mol. The molecule has 2 N–H and O–H groups in total. The summed E-state index contributed by atoms with van der Waals surface area (Å²) in [4.78, 5) is 22.8. The quantitative estimate of drug-likeness (QED) is 0.727. The average molecular weight is 301 g/mol. The topological polar surface area (TPSA) is 70.7 Å². The van der Waals surface area contributed by atoms with Gasteiger partial charge in [0.15, 0.2) is 0 Å². The lowest BCUT2D eigenvalue weighted by Crippen LogP contribution is -2.13. The number of fused-ring (bicyclic) bond motifs is 1. The number of nitrogens with one attached hydrogen (secondary N) is 2. The minimum Gasteiger partial charge on any atom is -0.361 e. The van der Waals surface area contributed by atoms with Crippen LogP contribution < -0.4 is 5.32 Å². The molecule has 106 valence electrons. The first-order chi connectivity index (χ1) is 10.2. The van der Waals surface area contributed by atoms with Gasteiger partial charge in [-0.3, -0.25) is 4.79 Å². The van der Waals surface area contributed by atoms with Crippen LogP contribution in [0.4, 0.5) is 5.82 Å². The maximum absolute atomic E-state index is 11.9. The van der Waals surface area contributed by atoms with E-state index in [9.17, 15) is 4.79 Å². The second-order valence-corrected chi connectivity index (χ2v) is 5.02. The molecule has 0 fully saturated rings. The number of hydrogen-bond acceptors (Lipinski definition) is 3. The largest absolute Gasteiger partial charge is 0.361 e. The maximum Gasteiger partial charge on any atom is 0.225 e. The highest BCUT2D eigenvalue weighted by molar-refractivity contribution is 6.29. The molecule has 21 heavy (non-hydrogen) atoms. The highest BCUT2D eigenvalue weighted by atomic mass is 35.5. The predicted molar refractivity (Wildman–Crippen MR) is 82.3 cm³/mol. The SMILES string of the molecule is O=C(CCc1c[nH]c2ccccc12)Nc1cc(Cl)ncn1. The van der Waals surface area contributed by atoms with Crippen molar-refractivity contribution in [2.75, 3.05) is 5.32 Å². The number of para-hydroxylation sites is 1. The first-order valence-electron chi connectivity index (χ1n) is 6.55. The van der Waals surface area contributed by atoms with Crippen LogP contribution in [0.25, 0.3) is 10.9 Å². The van der Waals surface area contributed by atoms with Crippen LogP contribution in [0.1, 0.15) is 12.0 Å². The first kappa shape index (κ1) is 13.6. The van der Waals surface area contributed by atoms with Gasteiger partial charge in [0.1, 0.15) is 17.3 Å². The van der Waals surface area contributed by atoms with Crippen LogP contribution in [0.15, 0.2) is 42.9 Å². The number of aryl methyl sites for hydroxylation is 1. The van der Waals surface area contributed by atoms with Gasteiger partial charge in [-0.1, -0.05) is 29.8 Å². The summed E-state index contributed by atoms with van der Waals surface area (Å²) in [6, 6.07) is 9.55. The number of amides is 1. The van der Waals surface area contributed by atoms with E-state index in [1.165, 1.54) is 12.4 Å². The van der Waals surface area contributed by atoms with Gasteiger partial charge in [0.05, 0.1) is 0 Å². The van der Waals surface area contributed by atoms with Crippen molar-refractivity contribution in [3.05, 3.63) is 53.6 Å². The summed E-state index contributed by atoms with van der Waals surface area (Å²) < 4.78 is 0. The minimum absolute atomic E-state index is 0.102. The van der Waals surface area contributed by atoms with Crippen molar-refractivity contribution in [1.29, 1.82) is 0 Å². The number of anilines is 1. The number of hydrogen-bond donors (Lipinski definition) is 2. The maximum atomic E-state index is 11.9. The van der Waals surface area contributed by atoms with Gasteiger partial charge in [-0.2, -0.15) is 0 Å². The molecular formula is C15H13ClN4O. The number of carbonyl (C=O) groups is 1. The van der Waals surface area contributed by atoms with Gasteiger partial charge in [0, 0.05) is 29.6 Å². The summed E-state index contributed by atoms with van der Waals surface area (Å²) in [5, 5.41) is 4.16. The zero-order valence-corrected chi connectivity index (χ0v) is 11.9. The fourth-order valence-corrected chi connectivity index (χ4v) is 2.34. The molecular weight excluding hydrogens is 288 g/mol. The Morgan fingerprint density at radius 2 is 2.14 bits per heavy atom. The number of nitrogens with zero attached hydrogens (tertiary/aromatic N) is 2. The Morgan fingerprint density at radius 1 is 1.29 bits per heavy atom. The molecule has 0 atom stereocenters. The van der Waals surface area contributed by atoms with Crippen molar-refractivity contribution >= 4 is 34.2 Å². The van der Waals surface area contributed by atoms with Gasteiger partial charge < -0.3 is 10.3 Å². The standard InChI is InChI=1S/C15H13ClN4O/c16-13-7-14(19-9-18-13)20-15(21)6-5-10-8-17-12-4-2-1-3-11(10)12/h1-4,7-9,17H,5-6H2,(H,18,19,20,21). The zero-order chi connectivity index (χ0) is 14.7. The Hall–Kier alpha value is -2.40. The molecule has 5 nitrogen and oxygen atoms in total. The van der Waals surface area contributed by atoms with E-state index >= 15 is 0 Å². The van der Waals surface area contributed by atoms with E-state index in [-0.39, 0.29) is 5.91 Å². The third-order valence-corrected chi connectivity index (χ3v) is 3.40. The van der Waals surface area contributed by atoms with Gasteiger partial charge in [-0.25, -0.2) is 9.97 Å². The summed E-state index contributed by atoms with van der Waals surface area (Å²) in [6.07, 6.45) is 4.30. The van der Waals surface area contributed by atoms with Crippen molar-refractivity contribution in [2.45, 2.75) is 12.8 Å². The number of aromatic amines is 1. The molecule has 3 rings (SSSR count). The number of carbonyl (C=O) groups excluding carboxylic acids is 1. The van der Waals surface area contributed by atoms with Crippen LogP contribution in [0.2, 0.25) is 5.15 Å². The summed E-state index contributed by atoms with van der Waals surface area (Å²) >= 11 is 5.75. The molecule has 0 aliphatic heterocycles. The Labute approximate surface area is 126 Å². The van der Waals surface area contributed by atoms with Crippen molar-refractivity contribution in [2.24, 2.45) is 0 Å². The second-order valence-electron chi connectivity index (χ2n) is 4.63. The first-order valence-corrected chi connectivity index (χ1v) is 6.92. The highest BCUT2D eigenvalue weighted by Gasteiger charge is 2.08. The Kier molecular flexibility index (Phi) is 3.83. The van der Waals surface area contributed by atoms with E-state index in [0.717, 1.165) is 16.5 Å². The van der Waals surface area contributed by atoms with Crippen LogP contribution in [0, 0.1) is 0 Å². The second kappa shape index (κ2) is 5.93. The van der Waals surface area contributed by atoms with Crippen LogP contribution in [-0.4, -0.2) is 20.9 Å². The van der Waals surface area contributed by atoms with Gasteiger partial charge in [0.2, 0.25) is 5.91 Å². The number of halogens is 1. The third-order valence-electron chi connectivity index (χ3n) is 3.20. The Morgan fingerprint density at radius 3 is 3.00 bits per heavy atom. The molecule has 6 heteroatoms. The molecule has 0 aliphatic rings. The number of rotatable bonds is 4. The van der Waals surface area contributed by atoms with Crippen LogP contribution in [-0.2, 0) is 11.2 Å². The molecule has 2 aromatic heterocycles. The Balaban J connectivity index is 1.63. The van der Waals surface area contributed by atoms with E-state index < -0.39 is 0 Å². The molecule has 0 saturated carbocycles. The molecule has 3 aromatic rings. The molecule has 0 unspecified atom stereocenters. The van der Waals surface area contributed by atoms with Crippen LogP contribution in [0.5, 0.6) is 0 Å². The summed E-state index contributed by atoms with van der Waals surface area (Å²) in [6.45, 7) is 0. The third kappa shape index (κ3) is 3.20. The van der Waals surface area contributed by atoms with Crippen molar-refractivity contribution in [3.63, 3.8) is 0 Å². The molecule has 0 saturated heterocycles. The lowest BCUT2D eigenvalue weighted by molar-refractivity contribution is -0.116. The predicted octanol–water partition coefficient (Wildman–Crippen LogP) is 3.18. The zero-order valence-electron chi connectivity index (χ0n) is 11.1. The number of benzene rings is 1. The van der Waals surface area contributed by atoms with E-state index in [2.05, 4.69) is 20.3 Å².